The van der Waals surface area contributed by atoms with Crippen molar-refractivity contribution in [2.45, 2.75) is 45.2 Å². The van der Waals surface area contributed by atoms with Gasteiger partial charge in [-0.15, -0.1) is 0 Å². The summed E-state index contributed by atoms with van der Waals surface area (Å²) in [5, 5.41) is 0.760. The van der Waals surface area contributed by atoms with Crippen molar-refractivity contribution in [3.63, 3.8) is 0 Å². The van der Waals surface area contributed by atoms with Gasteiger partial charge in [-0.25, -0.2) is 0 Å². The van der Waals surface area contributed by atoms with Gasteiger partial charge in [0.25, 0.3) is 0 Å². The predicted molar refractivity (Wildman–Crippen MR) is 54.5 cm³/mol. The number of nitrogens with zero attached hydrogens (tertiary/aromatic N) is 1. The maximum atomic E-state index is 5.81. The van der Waals surface area contributed by atoms with E-state index >= 15 is 0 Å². The first-order valence-electron chi connectivity index (χ1n) is 4.70. The fraction of sp³-hybridized carbons (Fsp3) is 0.800. The monoisotopic (exact) mass is 187 g/mol. The molecule has 1 fully saturated rings. The minimum absolute atomic E-state index is 0.671. The number of likely N-dealkylation sites (tertiary alicyclic amines) is 1. The van der Waals surface area contributed by atoms with Gasteiger partial charge in [-0.3, -0.25) is 4.90 Å². The lowest BCUT2D eigenvalue weighted by atomic mass is 9.98. The van der Waals surface area contributed by atoms with Crippen LogP contribution in [0.5, 0.6) is 0 Å². The highest BCUT2D eigenvalue weighted by atomic mass is 35.5. The summed E-state index contributed by atoms with van der Waals surface area (Å²) in [5.74, 6) is 0. The quantitative estimate of drug-likeness (QED) is 0.643. The van der Waals surface area contributed by atoms with E-state index in [0.29, 0.717) is 12.1 Å². The van der Waals surface area contributed by atoms with Gasteiger partial charge >= 0.3 is 0 Å². The third-order valence-electron chi connectivity index (χ3n) is 2.73. The summed E-state index contributed by atoms with van der Waals surface area (Å²) in [6.45, 7) is 9.14. The maximum absolute atomic E-state index is 5.81. The molecule has 1 rings (SSSR count). The first-order chi connectivity index (χ1) is 5.61. The van der Waals surface area contributed by atoms with Crippen LogP contribution >= 0.6 is 11.6 Å². The van der Waals surface area contributed by atoms with Crippen molar-refractivity contribution in [2.24, 2.45) is 0 Å². The van der Waals surface area contributed by atoms with Crippen LogP contribution in [0.25, 0.3) is 0 Å². The van der Waals surface area contributed by atoms with Crippen LogP contribution in [0.3, 0.4) is 0 Å². The van der Waals surface area contributed by atoms with Gasteiger partial charge in [0.15, 0.2) is 0 Å². The van der Waals surface area contributed by atoms with Crippen LogP contribution in [0, 0.1) is 0 Å². The molecule has 0 unspecified atom stereocenters. The number of rotatable bonds is 2. The third-order valence-corrected chi connectivity index (χ3v) is 2.85. The van der Waals surface area contributed by atoms with Crippen molar-refractivity contribution >= 4 is 11.6 Å². The zero-order valence-corrected chi connectivity index (χ0v) is 8.77. The van der Waals surface area contributed by atoms with Crippen molar-refractivity contribution in [1.82, 2.24) is 4.90 Å². The Morgan fingerprint density at radius 1 is 1.42 bits per heavy atom. The standard InChI is InChI=1S/C10H18ClN/c1-8(11)7-12-9(2)5-4-6-10(12)3/h9-10H,1,4-7H2,2-3H3/t9-,10+. The van der Waals surface area contributed by atoms with E-state index in [1.165, 1.54) is 19.3 Å². The van der Waals surface area contributed by atoms with E-state index in [1.54, 1.807) is 0 Å². The Balaban J connectivity index is 2.50. The molecule has 0 aromatic rings. The number of hydrogen-bond acceptors (Lipinski definition) is 1. The third kappa shape index (κ3) is 2.49. The summed E-state index contributed by atoms with van der Waals surface area (Å²) in [4.78, 5) is 2.44. The van der Waals surface area contributed by atoms with Gasteiger partial charge in [-0.05, 0) is 26.7 Å². The molecule has 0 spiro atoms. The van der Waals surface area contributed by atoms with Crippen LogP contribution < -0.4 is 0 Å². The van der Waals surface area contributed by atoms with E-state index in [2.05, 4.69) is 25.3 Å². The van der Waals surface area contributed by atoms with E-state index in [1.807, 2.05) is 0 Å². The molecule has 0 amide bonds. The molecule has 1 saturated heterocycles. The molecule has 0 aliphatic carbocycles. The Morgan fingerprint density at radius 2 is 1.92 bits per heavy atom. The second-order valence-electron chi connectivity index (χ2n) is 3.82. The zero-order chi connectivity index (χ0) is 9.14. The fourth-order valence-electron chi connectivity index (χ4n) is 1.98. The summed E-state index contributed by atoms with van der Waals surface area (Å²) < 4.78 is 0. The molecule has 0 saturated carbocycles. The molecule has 0 aromatic carbocycles. The maximum Gasteiger partial charge on any atom is 0.0341 e. The summed E-state index contributed by atoms with van der Waals surface area (Å²) in [6, 6.07) is 1.34. The topological polar surface area (TPSA) is 3.24 Å². The Bertz CT molecular complexity index is 157. The van der Waals surface area contributed by atoms with E-state index in [-0.39, 0.29) is 0 Å². The predicted octanol–water partition coefficient (Wildman–Crippen LogP) is 3.00. The molecule has 70 valence electrons. The van der Waals surface area contributed by atoms with Gasteiger partial charge in [-0.2, -0.15) is 0 Å². The number of hydrogen-bond donors (Lipinski definition) is 0. The van der Waals surface area contributed by atoms with Crippen LogP contribution in [-0.4, -0.2) is 23.5 Å². The Morgan fingerprint density at radius 3 is 2.33 bits per heavy atom. The Labute approximate surface area is 80.4 Å². The van der Waals surface area contributed by atoms with Gasteiger partial charge in [-0.1, -0.05) is 24.6 Å². The average Bonchev–Trinajstić information content (AvgIpc) is 1.97. The molecule has 12 heavy (non-hydrogen) atoms. The normalized spacial score (nSPS) is 31.9. The lowest BCUT2D eigenvalue weighted by Crippen LogP contribution is -2.44. The molecular formula is C10H18ClN. The van der Waals surface area contributed by atoms with E-state index < -0.39 is 0 Å². The Hall–Kier alpha value is -0.0100. The van der Waals surface area contributed by atoms with Crippen molar-refractivity contribution in [2.75, 3.05) is 6.54 Å². The molecule has 2 heteroatoms. The fourth-order valence-corrected chi connectivity index (χ4v) is 2.12. The van der Waals surface area contributed by atoms with Gasteiger partial charge in [0.2, 0.25) is 0 Å². The summed E-state index contributed by atoms with van der Waals surface area (Å²) >= 11 is 5.81. The number of halogens is 1. The Kier molecular flexibility index (Phi) is 3.60. The smallest absolute Gasteiger partial charge is 0.0341 e. The first kappa shape index (κ1) is 10.1. The summed E-state index contributed by atoms with van der Waals surface area (Å²) in [7, 11) is 0. The molecule has 1 heterocycles. The molecule has 0 bridgehead atoms. The van der Waals surface area contributed by atoms with Crippen molar-refractivity contribution in [3.8, 4) is 0 Å². The molecule has 1 nitrogen and oxygen atoms in total. The number of piperidine rings is 1. The lowest BCUT2D eigenvalue weighted by molar-refractivity contribution is 0.118. The van der Waals surface area contributed by atoms with E-state index in [4.69, 9.17) is 11.6 Å². The van der Waals surface area contributed by atoms with Gasteiger partial charge in [0.1, 0.15) is 0 Å². The minimum atomic E-state index is 0.671. The van der Waals surface area contributed by atoms with Crippen molar-refractivity contribution < 1.29 is 0 Å². The second kappa shape index (κ2) is 4.29. The molecule has 0 N–H and O–H groups in total. The van der Waals surface area contributed by atoms with E-state index in [0.717, 1.165) is 11.6 Å². The highest BCUT2D eigenvalue weighted by Gasteiger charge is 2.24. The highest BCUT2D eigenvalue weighted by molar-refractivity contribution is 6.29. The molecular weight excluding hydrogens is 170 g/mol. The molecule has 0 aromatic heterocycles. The minimum Gasteiger partial charge on any atom is -0.293 e. The van der Waals surface area contributed by atoms with Crippen LogP contribution in [0.2, 0.25) is 0 Å². The van der Waals surface area contributed by atoms with Crippen LogP contribution in [-0.2, 0) is 0 Å². The first-order valence-corrected chi connectivity index (χ1v) is 5.08. The highest BCUT2D eigenvalue weighted by Crippen LogP contribution is 2.23. The molecule has 2 atom stereocenters. The van der Waals surface area contributed by atoms with Crippen molar-refractivity contribution in [1.29, 1.82) is 0 Å². The van der Waals surface area contributed by atoms with Crippen LogP contribution in [0.4, 0.5) is 0 Å². The summed E-state index contributed by atoms with van der Waals surface area (Å²) in [5.41, 5.74) is 0. The van der Waals surface area contributed by atoms with Crippen LogP contribution in [0.15, 0.2) is 11.6 Å². The van der Waals surface area contributed by atoms with Crippen molar-refractivity contribution in [3.05, 3.63) is 11.6 Å². The van der Waals surface area contributed by atoms with Gasteiger partial charge in [0, 0.05) is 23.7 Å². The lowest BCUT2D eigenvalue weighted by Gasteiger charge is -2.38. The van der Waals surface area contributed by atoms with Crippen LogP contribution in [0.1, 0.15) is 33.1 Å². The van der Waals surface area contributed by atoms with Gasteiger partial charge < -0.3 is 0 Å². The largest absolute Gasteiger partial charge is 0.293 e. The molecule has 1 aliphatic heterocycles. The molecule has 0 radical (unpaired) electrons. The van der Waals surface area contributed by atoms with Gasteiger partial charge in [0.05, 0.1) is 0 Å². The second-order valence-corrected chi connectivity index (χ2v) is 4.35. The summed E-state index contributed by atoms with van der Waals surface area (Å²) in [6.07, 6.45) is 3.95. The average molecular weight is 188 g/mol. The van der Waals surface area contributed by atoms with E-state index in [9.17, 15) is 0 Å². The SMILES string of the molecule is C=C(Cl)CN1[C@H](C)CCC[C@@H]1C. The zero-order valence-electron chi connectivity index (χ0n) is 8.02. The molecule has 1 aliphatic rings.